The third-order valence-corrected chi connectivity index (χ3v) is 9.96. The second kappa shape index (κ2) is 8.99. The maximum Gasteiger partial charge on any atom is 0.336 e. The van der Waals surface area contributed by atoms with Gasteiger partial charge in [0.05, 0.1) is 16.3 Å². The first-order valence-corrected chi connectivity index (χ1v) is 13.4. The maximum atomic E-state index is 14.1. The van der Waals surface area contributed by atoms with E-state index in [9.17, 15) is 19.5 Å². The van der Waals surface area contributed by atoms with Crippen LogP contribution in [0.3, 0.4) is 0 Å². The van der Waals surface area contributed by atoms with E-state index in [1.807, 2.05) is 61.5 Å². The lowest BCUT2D eigenvalue weighted by molar-refractivity contribution is 0.0695. The van der Waals surface area contributed by atoms with Gasteiger partial charge in [0.2, 0.25) is 0 Å². The summed E-state index contributed by atoms with van der Waals surface area (Å²) >= 11 is 0. The lowest BCUT2D eigenvalue weighted by Gasteiger charge is -2.27. The molecule has 6 nitrogen and oxygen atoms in total. The van der Waals surface area contributed by atoms with E-state index in [1.54, 1.807) is 53.2 Å². The highest BCUT2D eigenvalue weighted by Gasteiger charge is 2.46. The van der Waals surface area contributed by atoms with Crippen LogP contribution in [-0.4, -0.2) is 20.4 Å². The molecular formula is C30H23N2O4P. The summed E-state index contributed by atoms with van der Waals surface area (Å²) in [5.41, 5.74) is 2.02. The van der Waals surface area contributed by atoms with E-state index in [-0.39, 0.29) is 16.7 Å². The molecule has 6 rings (SSSR count). The fourth-order valence-corrected chi connectivity index (χ4v) is 8.73. The highest BCUT2D eigenvalue weighted by atomic mass is 31.1. The summed E-state index contributed by atoms with van der Waals surface area (Å²) in [5.74, 6) is -2.19. The molecule has 182 valence electrons. The molecule has 5 aromatic rings. The van der Waals surface area contributed by atoms with Gasteiger partial charge in [-0.1, -0.05) is 84.9 Å². The Kier molecular flexibility index (Phi) is 5.62. The van der Waals surface area contributed by atoms with Crippen molar-refractivity contribution in [2.24, 2.45) is 0 Å². The van der Waals surface area contributed by atoms with Crippen molar-refractivity contribution in [1.82, 2.24) is 9.36 Å². The number of aryl methyl sites for hydroxylation is 1. The predicted octanol–water partition coefficient (Wildman–Crippen LogP) is 5.08. The van der Waals surface area contributed by atoms with Gasteiger partial charge < -0.3 is 5.11 Å². The lowest BCUT2D eigenvalue weighted by atomic mass is 10.1. The molecule has 3 unspecified atom stereocenters. The molecular weight excluding hydrogens is 483 g/mol. The Morgan fingerprint density at radius 2 is 1.16 bits per heavy atom. The van der Waals surface area contributed by atoms with Crippen molar-refractivity contribution in [3.63, 3.8) is 0 Å². The summed E-state index contributed by atoms with van der Waals surface area (Å²) in [5, 5.41) is 11.8. The second-order valence-corrected chi connectivity index (χ2v) is 11.4. The molecule has 1 aliphatic heterocycles. The van der Waals surface area contributed by atoms with Gasteiger partial charge in [-0.15, -0.1) is 0 Å². The number of rotatable bonds is 4. The summed E-state index contributed by atoms with van der Waals surface area (Å²) in [4.78, 5) is 40.6. The monoisotopic (exact) mass is 506 g/mol. The molecule has 0 saturated carbocycles. The Bertz CT molecular complexity index is 1790. The summed E-state index contributed by atoms with van der Waals surface area (Å²) in [6.45, 7) is 2.00. The zero-order valence-electron chi connectivity index (χ0n) is 20.0. The van der Waals surface area contributed by atoms with Gasteiger partial charge >= 0.3 is 5.97 Å². The van der Waals surface area contributed by atoms with Gasteiger partial charge in [0.15, 0.2) is 0 Å². The van der Waals surface area contributed by atoms with Crippen molar-refractivity contribution in [3.8, 4) is 0 Å². The molecule has 0 aliphatic carbocycles. The van der Waals surface area contributed by atoms with Crippen LogP contribution >= 0.6 is 7.92 Å². The SMILES string of the molecule is Cc1ccccc1C1n2c(=O)c3ccccc3c(=O)n2C(c2ccccc2C(=O)O)P1c1ccccc1. The van der Waals surface area contributed by atoms with Crippen LogP contribution in [0.2, 0.25) is 0 Å². The molecule has 0 fully saturated rings. The molecule has 4 aromatic carbocycles. The fourth-order valence-electron chi connectivity index (χ4n) is 5.36. The molecule has 0 radical (unpaired) electrons. The van der Waals surface area contributed by atoms with E-state index >= 15 is 0 Å². The number of carboxylic acid groups (broad SMARTS) is 1. The molecule has 0 saturated heterocycles. The van der Waals surface area contributed by atoms with E-state index in [4.69, 9.17) is 0 Å². The topological polar surface area (TPSA) is 81.3 Å². The first-order chi connectivity index (χ1) is 18.0. The smallest absolute Gasteiger partial charge is 0.336 e. The first kappa shape index (κ1) is 23.1. The minimum absolute atomic E-state index is 0.125. The van der Waals surface area contributed by atoms with Crippen molar-refractivity contribution >= 4 is 30.0 Å². The van der Waals surface area contributed by atoms with Gasteiger partial charge in [0.1, 0.15) is 11.6 Å². The zero-order valence-corrected chi connectivity index (χ0v) is 20.9. The molecule has 2 heterocycles. The van der Waals surface area contributed by atoms with E-state index in [1.165, 1.54) is 4.68 Å². The molecule has 1 aliphatic rings. The van der Waals surface area contributed by atoms with E-state index in [0.29, 0.717) is 16.3 Å². The average Bonchev–Trinajstić information content (AvgIpc) is 3.28. The highest BCUT2D eigenvalue weighted by molar-refractivity contribution is 7.66. The van der Waals surface area contributed by atoms with Crippen LogP contribution in [-0.2, 0) is 0 Å². The van der Waals surface area contributed by atoms with Crippen molar-refractivity contribution in [2.75, 3.05) is 0 Å². The summed E-state index contributed by atoms with van der Waals surface area (Å²) < 4.78 is 3.12. The largest absolute Gasteiger partial charge is 0.478 e. The molecule has 37 heavy (non-hydrogen) atoms. The zero-order chi connectivity index (χ0) is 25.7. The number of aromatic carboxylic acids is 1. The summed E-state index contributed by atoms with van der Waals surface area (Å²) in [7, 11) is -1.34. The summed E-state index contributed by atoms with van der Waals surface area (Å²) in [6, 6.07) is 31.4. The van der Waals surface area contributed by atoms with E-state index in [0.717, 1.165) is 16.4 Å². The van der Waals surface area contributed by atoms with Crippen LogP contribution in [0.1, 0.15) is 38.6 Å². The number of hydrogen-bond acceptors (Lipinski definition) is 3. The Hall–Kier alpha value is -4.28. The van der Waals surface area contributed by atoms with Crippen molar-refractivity contribution < 1.29 is 9.90 Å². The average molecular weight is 506 g/mol. The highest BCUT2D eigenvalue weighted by Crippen LogP contribution is 2.65. The third-order valence-electron chi connectivity index (χ3n) is 7.02. The second-order valence-electron chi connectivity index (χ2n) is 9.08. The van der Waals surface area contributed by atoms with Crippen molar-refractivity contribution in [2.45, 2.75) is 18.5 Å². The number of hydrogen-bond donors (Lipinski definition) is 1. The van der Waals surface area contributed by atoms with Crippen LogP contribution in [0.15, 0.2) is 113 Å². The van der Waals surface area contributed by atoms with Crippen molar-refractivity contribution in [3.05, 3.63) is 146 Å². The van der Waals surface area contributed by atoms with Gasteiger partial charge in [-0.25, -0.2) is 14.2 Å². The van der Waals surface area contributed by atoms with Crippen LogP contribution in [0.4, 0.5) is 0 Å². The number of nitrogens with zero attached hydrogens (tertiary/aromatic N) is 2. The first-order valence-electron chi connectivity index (χ1n) is 12.0. The molecule has 7 heteroatoms. The predicted molar refractivity (Wildman–Crippen MR) is 146 cm³/mol. The minimum atomic E-state index is -1.34. The molecule has 0 bridgehead atoms. The normalized spacial score (nSPS) is 18.6. The lowest BCUT2D eigenvalue weighted by Crippen LogP contribution is -2.37. The van der Waals surface area contributed by atoms with Gasteiger partial charge in [-0.3, -0.25) is 9.59 Å². The van der Waals surface area contributed by atoms with Crippen LogP contribution in [0, 0.1) is 6.92 Å². The number of carbonyl (C=O) groups is 1. The number of fused-ring (bicyclic) bond motifs is 2. The van der Waals surface area contributed by atoms with Crippen molar-refractivity contribution in [1.29, 1.82) is 0 Å². The number of carboxylic acids is 1. The number of benzene rings is 4. The van der Waals surface area contributed by atoms with Crippen LogP contribution in [0.25, 0.3) is 10.8 Å². The van der Waals surface area contributed by atoms with Gasteiger partial charge in [0.25, 0.3) is 11.1 Å². The van der Waals surface area contributed by atoms with Gasteiger partial charge in [-0.2, -0.15) is 0 Å². The standard InChI is InChI=1S/C30H23N2O4P/c1-19-11-5-6-14-21(19)28-31-26(33)22-15-7-8-16-23(22)27(34)32(31)29(37(28)20-12-3-2-4-13-20)24-17-9-10-18-25(24)30(35)36/h2-18,28-29H,1H3,(H,35,36). The maximum absolute atomic E-state index is 14.1. The molecule has 0 spiro atoms. The van der Waals surface area contributed by atoms with Crippen LogP contribution < -0.4 is 16.4 Å². The molecule has 0 amide bonds. The fraction of sp³-hybridized carbons (Fsp3) is 0.100. The number of aromatic nitrogens is 2. The van der Waals surface area contributed by atoms with Gasteiger partial charge in [-0.05, 0) is 55.0 Å². The minimum Gasteiger partial charge on any atom is -0.478 e. The Labute approximate surface area is 213 Å². The van der Waals surface area contributed by atoms with E-state index in [2.05, 4.69) is 0 Å². The summed E-state index contributed by atoms with van der Waals surface area (Å²) in [6.07, 6.45) is 0. The Morgan fingerprint density at radius 3 is 1.76 bits per heavy atom. The molecule has 3 atom stereocenters. The quantitative estimate of drug-likeness (QED) is 0.345. The van der Waals surface area contributed by atoms with Crippen LogP contribution in [0.5, 0.6) is 0 Å². The molecule has 1 N–H and O–H groups in total. The third kappa shape index (κ3) is 3.56. The molecule has 1 aromatic heterocycles. The Balaban J connectivity index is 1.81. The Morgan fingerprint density at radius 1 is 0.676 bits per heavy atom. The van der Waals surface area contributed by atoms with E-state index < -0.39 is 25.5 Å². The van der Waals surface area contributed by atoms with Gasteiger partial charge in [0, 0.05) is 0 Å².